The highest BCUT2D eigenvalue weighted by Crippen LogP contribution is 2.39. The Hall–Kier alpha value is -2.50. The Morgan fingerprint density at radius 1 is 1.38 bits per heavy atom. The first-order chi connectivity index (χ1) is 11.5. The minimum atomic E-state index is -0.0326. The second-order valence-electron chi connectivity index (χ2n) is 6.49. The van der Waals surface area contributed by atoms with Gasteiger partial charge in [0.15, 0.2) is 11.5 Å². The molecule has 24 heavy (non-hydrogen) atoms. The van der Waals surface area contributed by atoms with E-state index in [1.165, 1.54) is 0 Å². The third-order valence-electron chi connectivity index (χ3n) is 4.15. The molecule has 0 fully saturated rings. The number of hydrogen-bond acceptors (Lipinski definition) is 4. The number of nitrogens with zero attached hydrogens (tertiary/aromatic N) is 2. The van der Waals surface area contributed by atoms with Gasteiger partial charge in [0.25, 0.3) is 0 Å². The number of anilines is 1. The third kappa shape index (κ3) is 3.09. The number of carbonyl (C=O) groups is 1. The van der Waals surface area contributed by atoms with E-state index in [1.807, 2.05) is 31.4 Å². The molecule has 0 aliphatic carbocycles. The van der Waals surface area contributed by atoms with Crippen LogP contribution in [0.4, 0.5) is 5.82 Å². The van der Waals surface area contributed by atoms with Gasteiger partial charge in [-0.25, -0.2) is 0 Å². The maximum Gasteiger partial charge on any atom is 0.226 e. The van der Waals surface area contributed by atoms with Gasteiger partial charge in [-0.1, -0.05) is 19.9 Å². The van der Waals surface area contributed by atoms with Gasteiger partial charge in [0, 0.05) is 24.9 Å². The van der Waals surface area contributed by atoms with E-state index in [9.17, 15) is 4.79 Å². The second kappa shape index (κ2) is 6.55. The molecule has 3 rings (SSSR count). The number of benzene rings is 1. The molecule has 0 saturated heterocycles. The molecule has 6 heteroatoms. The maximum atomic E-state index is 12.1. The van der Waals surface area contributed by atoms with Gasteiger partial charge in [0.2, 0.25) is 5.91 Å². The Balaban J connectivity index is 1.97. The van der Waals surface area contributed by atoms with Gasteiger partial charge in [-0.05, 0) is 23.6 Å². The zero-order valence-electron chi connectivity index (χ0n) is 14.5. The summed E-state index contributed by atoms with van der Waals surface area (Å²) in [6.45, 7) is 4.82. The average molecular weight is 329 g/mol. The molecule has 0 spiro atoms. The molecule has 1 aliphatic rings. The van der Waals surface area contributed by atoms with E-state index >= 15 is 0 Å². The van der Waals surface area contributed by atoms with Crippen LogP contribution in [0.15, 0.2) is 24.4 Å². The van der Waals surface area contributed by atoms with Crippen molar-refractivity contribution in [1.29, 1.82) is 0 Å². The number of fused-ring (bicyclic) bond motifs is 1. The Kier molecular flexibility index (Phi) is 4.46. The predicted octanol–water partition coefficient (Wildman–Crippen LogP) is 2.94. The molecule has 1 aliphatic heterocycles. The summed E-state index contributed by atoms with van der Waals surface area (Å²) in [4.78, 5) is 12.1. The molecule has 1 aromatic carbocycles. The first-order valence-electron chi connectivity index (χ1n) is 8.12. The number of carbonyl (C=O) groups excluding carboxylic acids is 1. The summed E-state index contributed by atoms with van der Waals surface area (Å²) in [5.41, 5.74) is 2.05. The second-order valence-corrected chi connectivity index (χ2v) is 6.49. The lowest BCUT2D eigenvalue weighted by molar-refractivity contribution is -0.116. The normalized spacial score (nSPS) is 16.7. The van der Waals surface area contributed by atoms with Crippen LogP contribution in [-0.4, -0.2) is 29.4 Å². The molecule has 0 unspecified atom stereocenters. The Labute approximate surface area is 141 Å². The molecule has 0 bridgehead atoms. The van der Waals surface area contributed by atoms with E-state index in [4.69, 9.17) is 9.47 Å². The summed E-state index contributed by atoms with van der Waals surface area (Å²) >= 11 is 0. The number of aryl methyl sites for hydroxylation is 1. The zero-order chi connectivity index (χ0) is 17.3. The molecular formula is C18H23N3O3. The molecule has 0 saturated carbocycles. The van der Waals surface area contributed by atoms with Gasteiger partial charge in [-0.3, -0.25) is 9.48 Å². The fourth-order valence-corrected chi connectivity index (χ4v) is 2.92. The SMILES string of the molecule is COc1ccc([C@H]2CC(=O)Nc3c2cnn3C)cc1OCC(C)C. The molecule has 1 atom stereocenters. The highest BCUT2D eigenvalue weighted by Gasteiger charge is 2.29. The lowest BCUT2D eigenvalue weighted by atomic mass is 9.87. The van der Waals surface area contributed by atoms with Crippen LogP contribution in [0.5, 0.6) is 11.5 Å². The molecule has 1 amide bonds. The van der Waals surface area contributed by atoms with Crippen LogP contribution in [-0.2, 0) is 11.8 Å². The number of methoxy groups -OCH3 is 1. The van der Waals surface area contributed by atoms with Crippen LogP contribution in [0, 0.1) is 5.92 Å². The van der Waals surface area contributed by atoms with E-state index in [0.717, 1.165) is 16.9 Å². The molecule has 0 radical (unpaired) electrons. The van der Waals surface area contributed by atoms with Gasteiger partial charge >= 0.3 is 0 Å². The van der Waals surface area contributed by atoms with Crippen molar-refractivity contribution < 1.29 is 14.3 Å². The lowest BCUT2D eigenvalue weighted by Gasteiger charge is -2.24. The smallest absolute Gasteiger partial charge is 0.226 e. The standard InChI is InChI=1S/C18H23N3O3/c1-11(2)10-24-16-7-12(5-6-15(16)23-4)13-8-17(22)20-18-14(13)9-19-21(18)3/h5-7,9,11,13H,8,10H2,1-4H3,(H,20,22)/t13-/m1/s1. The number of rotatable bonds is 5. The van der Waals surface area contributed by atoms with Crippen LogP contribution < -0.4 is 14.8 Å². The molecule has 2 aromatic rings. The maximum absolute atomic E-state index is 12.1. The molecule has 128 valence electrons. The van der Waals surface area contributed by atoms with Crippen molar-refractivity contribution in [2.45, 2.75) is 26.2 Å². The predicted molar refractivity (Wildman–Crippen MR) is 91.6 cm³/mol. The van der Waals surface area contributed by atoms with Gasteiger partial charge in [-0.15, -0.1) is 0 Å². The number of hydrogen-bond donors (Lipinski definition) is 1. The summed E-state index contributed by atoms with van der Waals surface area (Å²) in [6.07, 6.45) is 2.22. The molecule has 1 N–H and O–H groups in total. The largest absolute Gasteiger partial charge is 0.493 e. The van der Waals surface area contributed by atoms with Crippen molar-refractivity contribution in [2.24, 2.45) is 13.0 Å². The molecule has 2 heterocycles. The van der Waals surface area contributed by atoms with Crippen molar-refractivity contribution >= 4 is 11.7 Å². The molecule has 6 nitrogen and oxygen atoms in total. The van der Waals surface area contributed by atoms with Crippen molar-refractivity contribution in [3.05, 3.63) is 35.5 Å². The van der Waals surface area contributed by atoms with Gasteiger partial charge in [0.1, 0.15) is 5.82 Å². The van der Waals surface area contributed by atoms with Crippen molar-refractivity contribution in [3.63, 3.8) is 0 Å². The number of amides is 1. The summed E-state index contributed by atoms with van der Waals surface area (Å²) in [7, 11) is 3.46. The quantitative estimate of drug-likeness (QED) is 0.916. The minimum Gasteiger partial charge on any atom is -0.493 e. The zero-order valence-corrected chi connectivity index (χ0v) is 14.5. The van der Waals surface area contributed by atoms with Crippen molar-refractivity contribution in [3.8, 4) is 11.5 Å². The third-order valence-corrected chi connectivity index (χ3v) is 4.15. The summed E-state index contributed by atoms with van der Waals surface area (Å²) in [5, 5.41) is 7.16. The fourth-order valence-electron chi connectivity index (χ4n) is 2.92. The highest BCUT2D eigenvalue weighted by molar-refractivity contribution is 5.94. The summed E-state index contributed by atoms with van der Waals surface area (Å²) in [5.74, 6) is 2.55. The van der Waals surface area contributed by atoms with E-state index in [-0.39, 0.29) is 11.8 Å². The van der Waals surface area contributed by atoms with Crippen LogP contribution >= 0.6 is 0 Å². The van der Waals surface area contributed by atoms with Crippen LogP contribution in [0.1, 0.15) is 37.3 Å². The van der Waals surface area contributed by atoms with E-state index in [2.05, 4.69) is 24.3 Å². The first-order valence-corrected chi connectivity index (χ1v) is 8.12. The summed E-state index contributed by atoms with van der Waals surface area (Å²) < 4.78 is 13.0. The molecular weight excluding hydrogens is 306 g/mol. The molecule has 1 aromatic heterocycles. The van der Waals surface area contributed by atoms with E-state index in [0.29, 0.717) is 30.4 Å². The highest BCUT2D eigenvalue weighted by atomic mass is 16.5. The first kappa shape index (κ1) is 16.4. The monoisotopic (exact) mass is 329 g/mol. The number of aromatic nitrogens is 2. The van der Waals surface area contributed by atoms with Gasteiger partial charge in [-0.2, -0.15) is 5.10 Å². The van der Waals surface area contributed by atoms with Crippen LogP contribution in [0.3, 0.4) is 0 Å². The number of nitrogens with one attached hydrogen (secondary N) is 1. The topological polar surface area (TPSA) is 65.4 Å². The van der Waals surface area contributed by atoms with Crippen LogP contribution in [0.2, 0.25) is 0 Å². The lowest BCUT2D eigenvalue weighted by Crippen LogP contribution is -2.24. The van der Waals surface area contributed by atoms with Gasteiger partial charge < -0.3 is 14.8 Å². The van der Waals surface area contributed by atoms with E-state index < -0.39 is 0 Å². The van der Waals surface area contributed by atoms with Crippen molar-refractivity contribution in [1.82, 2.24) is 9.78 Å². The van der Waals surface area contributed by atoms with Crippen molar-refractivity contribution in [2.75, 3.05) is 19.0 Å². The van der Waals surface area contributed by atoms with Crippen LogP contribution in [0.25, 0.3) is 0 Å². The average Bonchev–Trinajstić information content (AvgIpc) is 2.93. The summed E-state index contributed by atoms with van der Waals surface area (Å²) in [6, 6.07) is 5.86. The number of ether oxygens (including phenoxy) is 2. The Bertz CT molecular complexity index is 752. The van der Waals surface area contributed by atoms with E-state index in [1.54, 1.807) is 11.8 Å². The Morgan fingerprint density at radius 2 is 2.17 bits per heavy atom. The fraction of sp³-hybridized carbons (Fsp3) is 0.444. The Morgan fingerprint density at radius 3 is 2.88 bits per heavy atom. The minimum absolute atomic E-state index is 0.00318. The van der Waals surface area contributed by atoms with Gasteiger partial charge in [0.05, 0.1) is 19.9 Å².